The highest BCUT2D eigenvalue weighted by molar-refractivity contribution is 7.99. The van der Waals surface area contributed by atoms with Crippen molar-refractivity contribution in [3.63, 3.8) is 0 Å². The fourth-order valence-electron chi connectivity index (χ4n) is 2.56. The molecular weight excluding hydrogens is 308 g/mol. The summed E-state index contributed by atoms with van der Waals surface area (Å²) < 4.78 is 0. The summed E-state index contributed by atoms with van der Waals surface area (Å²) in [5, 5.41) is 21.7. The fourth-order valence-corrected chi connectivity index (χ4v) is 3.62. The van der Waals surface area contributed by atoms with Gasteiger partial charge >= 0.3 is 0 Å². The summed E-state index contributed by atoms with van der Waals surface area (Å²) in [4.78, 5) is 10.5. The first-order chi connectivity index (χ1) is 11.2. The third-order valence-corrected chi connectivity index (χ3v) is 4.79. The highest BCUT2D eigenvalue weighted by atomic mass is 32.2. The van der Waals surface area contributed by atoms with Gasteiger partial charge in [-0.05, 0) is 48.5 Å². The molecule has 0 unspecified atom stereocenters. The maximum Gasteiger partial charge on any atom is 0.141 e. The summed E-state index contributed by atoms with van der Waals surface area (Å²) in [6, 6.07) is 14.6. The molecule has 0 saturated heterocycles. The number of rotatable bonds is 2. The van der Waals surface area contributed by atoms with E-state index in [0.717, 1.165) is 20.6 Å². The van der Waals surface area contributed by atoms with Crippen LogP contribution in [0.3, 0.4) is 0 Å². The van der Waals surface area contributed by atoms with Crippen LogP contribution in [0.5, 0.6) is 11.5 Å². The van der Waals surface area contributed by atoms with Crippen LogP contribution in [-0.4, -0.2) is 20.2 Å². The van der Waals surface area contributed by atoms with Crippen LogP contribution in [0.1, 0.15) is 0 Å². The molecule has 0 bridgehead atoms. The quantitative estimate of drug-likeness (QED) is 0.575. The number of aromatic hydroxyl groups is 2. The van der Waals surface area contributed by atoms with Gasteiger partial charge in [0.25, 0.3) is 0 Å². The summed E-state index contributed by atoms with van der Waals surface area (Å²) >= 11 is 1.56. The lowest BCUT2D eigenvalue weighted by molar-refractivity contribution is 0.479. The lowest BCUT2D eigenvalue weighted by Gasteiger charge is -2.10. The van der Waals surface area contributed by atoms with E-state index in [0.29, 0.717) is 11.0 Å². The summed E-state index contributed by atoms with van der Waals surface area (Å²) in [6.07, 6.45) is 3.33. The molecule has 0 fully saturated rings. The van der Waals surface area contributed by atoms with Crippen LogP contribution in [0.4, 0.5) is 0 Å². The lowest BCUT2D eigenvalue weighted by atomic mass is 10.2. The second kappa shape index (κ2) is 5.44. The number of fused-ring (bicyclic) bond motifs is 2. The van der Waals surface area contributed by atoms with Crippen molar-refractivity contribution >= 4 is 33.6 Å². The molecule has 2 N–H and O–H groups in total. The van der Waals surface area contributed by atoms with E-state index in [-0.39, 0.29) is 11.5 Å². The van der Waals surface area contributed by atoms with E-state index >= 15 is 0 Å². The normalized spacial score (nSPS) is 11.1. The summed E-state index contributed by atoms with van der Waals surface area (Å²) in [5.74, 6) is 0.337. The molecule has 4 aromatic rings. The average Bonchev–Trinajstić information content (AvgIpc) is 2.60. The number of pyridine rings is 2. The van der Waals surface area contributed by atoms with Gasteiger partial charge in [-0.3, -0.25) is 9.97 Å². The molecule has 2 aromatic carbocycles. The molecule has 0 aliphatic carbocycles. The van der Waals surface area contributed by atoms with Crippen molar-refractivity contribution < 1.29 is 10.2 Å². The lowest BCUT2D eigenvalue weighted by Crippen LogP contribution is -1.85. The van der Waals surface area contributed by atoms with Crippen LogP contribution in [0.25, 0.3) is 21.8 Å². The van der Waals surface area contributed by atoms with Gasteiger partial charge in [-0.1, -0.05) is 11.8 Å². The zero-order valence-electron chi connectivity index (χ0n) is 12.0. The molecule has 112 valence electrons. The van der Waals surface area contributed by atoms with E-state index in [1.165, 1.54) is 0 Å². The molecule has 0 amide bonds. The van der Waals surface area contributed by atoms with Crippen LogP contribution in [0, 0.1) is 0 Å². The number of aromatic nitrogens is 2. The minimum atomic E-state index is 0.169. The molecule has 0 aliphatic rings. The number of phenols is 2. The maximum absolute atomic E-state index is 9.96. The molecule has 0 atom stereocenters. The third kappa shape index (κ3) is 2.35. The molecule has 0 spiro atoms. The van der Waals surface area contributed by atoms with Crippen molar-refractivity contribution in [2.24, 2.45) is 0 Å². The minimum Gasteiger partial charge on any atom is -0.506 e. The van der Waals surface area contributed by atoms with Gasteiger partial charge < -0.3 is 10.2 Å². The van der Waals surface area contributed by atoms with E-state index < -0.39 is 0 Å². The number of benzene rings is 2. The topological polar surface area (TPSA) is 66.2 Å². The van der Waals surface area contributed by atoms with Gasteiger partial charge in [0, 0.05) is 33.0 Å². The average molecular weight is 320 g/mol. The summed E-state index contributed by atoms with van der Waals surface area (Å²) in [5.41, 5.74) is 1.16. The minimum absolute atomic E-state index is 0.169. The van der Waals surface area contributed by atoms with Crippen LogP contribution < -0.4 is 0 Å². The monoisotopic (exact) mass is 320 g/mol. The Morgan fingerprint density at radius 1 is 0.652 bits per heavy atom. The first kappa shape index (κ1) is 13.8. The van der Waals surface area contributed by atoms with Crippen LogP contribution in [0.2, 0.25) is 0 Å². The highest BCUT2D eigenvalue weighted by Crippen LogP contribution is 2.40. The van der Waals surface area contributed by atoms with Crippen molar-refractivity contribution in [2.45, 2.75) is 9.79 Å². The van der Waals surface area contributed by atoms with E-state index in [1.54, 1.807) is 36.3 Å². The second-order valence-corrected chi connectivity index (χ2v) is 6.15. The van der Waals surface area contributed by atoms with Crippen molar-refractivity contribution in [1.29, 1.82) is 0 Å². The maximum atomic E-state index is 9.96. The molecule has 4 rings (SSSR count). The predicted octanol–water partition coefficient (Wildman–Crippen LogP) is 4.35. The highest BCUT2D eigenvalue weighted by Gasteiger charge is 2.11. The standard InChI is InChI=1S/C18H12N2O2S/c21-13-5-7-15(11-3-1-9-19-17(11)13)23-16-8-6-14(22)18-12(16)4-2-10-20-18/h1-10,21-22H. The van der Waals surface area contributed by atoms with Gasteiger partial charge in [0.2, 0.25) is 0 Å². The van der Waals surface area contributed by atoms with Gasteiger partial charge in [-0.2, -0.15) is 0 Å². The van der Waals surface area contributed by atoms with E-state index in [2.05, 4.69) is 9.97 Å². The van der Waals surface area contributed by atoms with Crippen LogP contribution in [0.15, 0.2) is 70.7 Å². The molecule has 2 heterocycles. The van der Waals surface area contributed by atoms with Crippen LogP contribution in [-0.2, 0) is 0 Å². The number of hydrogen-bond acceptors (Lipinski definition) is 5. The molecule has 0 radical (unpaired) electrons. The molecule has 4 nitrogen and oxygen atoms in total. The first-order valence-corrected chi connectivity index (χ1v) is 7.87. The first-order valence-electron chi connectivity index (χ1n) is 7.05. The zero-order valence-corrected chi connectivity index (χ0v) is 12.8. The van der Waals surface area contributed by atoms with E-state index in [1.807, 2.05) is 36.4 Å². The molecule has 0 aliphatic heterocycles. The Morgan fingerprint density at radius 3 is 1.61 bits per heavy atom. The van der Waals surface area contributed by atoms with Crippen molar-refractivity contribution in [1.82, 2.24) is 9.97 Å². The Morgan fingerprint density at radius 2 is 1.13 bits per heavy atom. The van der Waals surface area contributed by atoms with E-state index in [9.17, 15) is 10.2 Å². The number of hydrogen-bond donors (Lipinski definition) is 2. The summed E-state index contributed by atoms with van der Waals surface area (Å²) in [7, 11) is 0. The Balaban J connectivity index is 1.89. The molecule has 2 aromatic heterocycles. The largest absolute Gasteiger partial charge is 0.506 e. The van der Waals surface area contributed by atoms with Crippen molar-refractivity contribution in [3.8, 4) is 11.5 Å². The van der Waals surface area contributed by atoms with Crippen LogP contribution >= 0.6 is 11.8 Å². The Labute approximate surface area is 136 Å². The van der Waals surface area contributed by atoms with Gasteiger partial charge in [0.15, 0.2) is 0 Å². The third-order valence-electron chi connectivity index (χ3n) is 3.64. The molecular formula is C18H12N2O2S. The smallest absolute Gasteiger partial charge is 0.141 e. The van der Waals surface area contributed by atoms with Gasteiger partial charge in [0.05, 0.1) is 0 Å². The Bertz CT molecular complexity index is 951. The number of nitrogens with zero attached hydrogens (tertiary/aromatic N) is 2. The van der Waals surface area contributed by atoms with Crippen molar-refractivity contribution in [3.05, 3.63) is 60.9 Å². The molecule has 0 saturated carbocycles. The Hall–Kier alpha value is -2.79. The van der Waals surface area contributed by atoms with Gasteiger partial charge in [0.1, 0.15) is 22.5 Å². The SMILES string of the molecule is Oc1ccc(Sc2ccc(O)c3ncccc23)c2cccnc12. The van der Waals surface area contributed by atoms with Crippen molar-refractivity contribution in [2.75, 3.05) is 0 Å². The second-order valence-electron chi connectivity index (χ2n) is 5.07. The van der Waals surface area contributed by atoms with Gasteiger partial charge in [-0.25, -0.2) is 0 Å². The molecule has 5 heteroatoms. The molecule has 23 heavy (non-hydrogen) atoms. The number of phenolic OH excluding ortho intramolecular Hbond substituents is 2. The zero-order chi connectivity index (χ0) is 15.8. The fraction of sp³-hybridized carbons (Fsp3) is 0. The van der Waals surface area contributed by atoms with E-state index in [4.69, 9.17) is 0 Å². The Kier molecular flexibility index (Phi) is 3.28. The van der Waals surface area contributed by atoms with Gasteiger partial charge in [-0.15, -0.1) is 0 Å². The predicted molar refractivity (Wildman–Crippen MR) is 90.9 cm³/mol. The summed E-state index contributed by atoms with van der Waals surface area (Å²) in [6.45, 7) is 0.